The summed E-state index contributed by atoms with van der Waals surface area (Å²) < 4.78 is 22.0. The summed E-state index contributed by atoms with van der Waals surface area (Å²) >= 11 is 0. The number of likely N-dealkylation sites (tertiary alicyclic amines) is 1. The summed E-state index contributed by atoms with van der Waals surface area (Å²) in [5, 5.41) is 11.4. The van der Waals surface area contributed by atoms with Crippen molar-refractivity contribution in [2.45, 2.75) is 19.9 Å². The van der Waals surface area contributed by atoms with Gasteiger partial charge in [0.2, 0.25) is 0 Å². The number of carbonyl (C=O) groups is 2. The quantitative estimate of drug-likeness (QED) is 0.312. The lowest BCUT2D eigenvalue weighted by atomic mass is 9.94. The third-order valence-electron chi connectivity index (χ3n) is 6.77. The number of nitrogens with zero attached hydrogens (tertiary/aromatic N) is 2. The van der Waals surface area contributed by atoms with Gasteiger partial charge in [0.05, 0.1) is 45.7 Å². The lowest BCUT2D eigenvalue weighted by Crippen LogP contribution is -2.42. The van der Waals surface area contributed by atoms with Crippen LogP contribution in [0.1, 0.15) is 29.7 Å². The van der Waals surface area contributed by atoms with Crippen molar-refractivity contribution in [2.24, 2.45) is 0 Å². The molecule has 0 aromatic heterocycles. The number of benzene rings is 2. The Hall–Kier alpha value is -3.56. The smallest absolute Gasteiger partial charge is 0.295 e. The van der Waals surface area contributed by atoms with Gasteiger partial charge in [-0.2, -0.15) is 0 Å². The van der Waals surface area contributed by atoms with Gasteiger partial charge in [-0.25, -0.2) is 0 Å². The summed E-state index contributed by atoms with van der Waals surface area (Å²) in [5.74, 6) is 0.123. The lowest BCUT2D eigenvalue weighted by Gasteiger charge is -2.31. The van der Waals surface area contributed by atoms with Crippen molar-refractivity contribution in [3.63, 3.8) is 0 Å². The van der Waals surface area contributed by atoms with Crippen LogP contribution in [0, 0.1) is 6.92 Å². The van der Waals surface area contributed by atoms with E-state index in [1.807, 2.05) is 13.8 Å². The van der Waals surface area contributed by atoms with Crippen LogP contribution in [0.4, 0.5) is 0 Å². The van der Waals surface area contributed by atoms with Crippen molar-refractivity contribution in [3.05, 3.63) is 58.7 Å². The molecule has 198 valence electrons. The molecular formula is C28H34N2O7. The SMILES string of the molecule is CCOc1ccc([C@H]2C(=C(O)c3ccc(OC)c(C)c3)C(=O)C(=O)N2CCN2CCOCC2)cc1OC. The topological polar surface area (TPSA) is 97.8 Å². The largest absolute Gasteiger partial charge is 0.507 e. The van der Waals surface area contributed by atoms with Gasteiger partial charge in [-0.15, -0.1) is 0 Å². The second-order valence-electron chi connectivity index (χ2n) is 8.97. The minimum Gasteiger partial charge on any atom is -0.507 e. The van der Waals surface area contributed by atoms with Gasteiger partial charge in [0, 0.05) is 31.7 Å². The van der Waals surface area contributed by atoms with E-state index in [0.717, 1.165) is 18.7 Å². The van der Waals surface area contributed by atoms with E-state index in [4.69, 9.17) is 18.9 Å². The number of Topliss-reactive ketones (excluding diaryl/α,β-unsaturated/α-hetero) is 1. The van der Waals surface area contributed by atoms with Crippen LogP contribution in [-0.2, 0) is 14.3 Å². The summed E-state index contributed by atoms with van der Waals surface area (Å²) in [7, 11) is 3.11. The zero-order chi connectivity index (χ0) is 26.5. The van der Waals surface area contributed by atoms with Crippen LogP contribution < -0.4 is 14.2 Å². The Morgan fingerprint density at radius 1 is 1.00 bits per heavy atom. The number of rotatable bonds is 9. The molecule has 4 rings (SSSR count). The number of hydrogen-bond donors (Lipinski definition) is 1. The summed E-state index contributed by atoms with van der Waals surface area (Å²) in [6, 6.07) is 9.69. The third kappa shape index (κ3) is 5.42. The highest BCUT2D eigenvalue weighted by Gasteiger charge is 2.46. The van der Waals surface area contributed by atoms with Crippen LogP contribution in [-0.4, -0.2) is 86.8 Å². The van der Waals surface area contributed by atoms with Gasteiger partial charge in [0.25, 0.3) is 11.7 Å². The van der Waals surface area contributed by atoms with E-state index in [1.165, 1.54) is 12.0 Å². The van der Waals surface area contributed by atoms with Crippen LogP contribution in [0.25, 0.3) is 5.76 Å². The van der Waals surface area contributed by atoms with Crippen molar-refractivity contribution in [1.29, 1.82) is 0 Å². The molecule has 2 aliphatic heterocycles. The fourth-order valence-electron chi connectivity index (χ4n) is 4.84. The zero-order valence-electron chi connectivity index (χ0n) is 21.8. The number of morpholine rings is 1. The maximum Gasteiger partial charge on any atom is 0.295 e. The Balaban J connectivity index is 1.79. The molecule has 2 fully saturated rings. The number of aliphatic hydroxyl groups excluding tert-OH is 1. The Bertz CT molecular complexity index is 1190. The fourth-order valence-corrected chi connectivity index (χ4v) is 4.84. The van der Waals surface area contributed by atoms with Crippen molar-refractivity contribution >= 4 is 17.4 Å². The highest BCUT2D eigenvalue weighted by molar-refractivity contribution is 6.46. The molecule has 0 saturated carbocycles. The van der Waals surface area contributed by atoms with Crippen molar-refractivity contribution in [1.82, 2.24) is 9.80 Å². The number of aryl methyl sites for hydroxylation is 1. The maximum absolute atomic E-state index is 13.4. The van der Waals surface area contributed by atoms with Crippen molar-refractivity contribution in [2.75, 3.05) is 60.2 Å². The molecule has 0 aliphatic carbocycles. The second kappa shape index (κ2) is 11.7. The summed E-state index contributed by atoms with van der Waals surface area (Å²) in [4.78, 5) is 30.4. The van der Waals surface area contributed by atoms with Crippen LogP contribution in [0.15, 0.2) is 42.0 Å². The van der Waals surface area contributed by atoms with Crippen LogP contribution in [0.3, 0.4) is 0 Å². The molecule has 9 heteroatoms. The minimum atomic E-state index is -0.784. The first kappa shape index (κ1) is 26.5. The van der Waals surface area contributed by atoms with Gasteiger partial charge in [-0.3, -0.25) is 14.5 Å². The van der Waals surface area contributed by atoms with Gasteiger partial charge in [-0.05, 0) is 55.3 Å². The summed E-state index contributed by atoms with van der Waals surface area (Å²) in [6.07, 6.45) is 0. The van der Waals surface area contributed by atoms with Gasteiger partial charge >= 0.3 is 0 Å². The molecule has 1 amide bonds. The van der Waals surface area contributed by atoms with E-state index in [0.29, 0.717) is 61.3 Å². The first-order valence-corrected chi connectivity index (χ1v) is 12.4. The van der Waals surface area contributed by atoms with Gasteiger partial charge in [0.1, 0.15) is 11.5 Å². The molecule has 0 bridgehead atoms. The molecule has 0 unspecified atom stereocenters. The molecule has 2 aromatic rings. The molecule has 2 aliphatic rings. The van der Waals surface area contributed by atoms with Crippen molar-refractivity contribution < 1.29 is 33.6 Å². The van der Waals surface area contributed by atoms with E-state index < -0.39 is 17.7 Å². The number of ether oxygens (including phenoxy) is 4. The summed E-state index contributed by atoms with van der Waals surface area (Å²) in [6.45, 7) is 7.89. The zero-order valence-corrected chi connectivity index (χ0v) is 21.8. The predicted molar refractivity (Wildman–Crippen MR) is 138 cm³/mol. The number of methoxy groups -OCH3 is 2. The van der Waals surface area contributed by atoms with Gasteiger partial charge in [0.15, 0.2) is 11.5 Å². The first-order valence-electron chi connectivity index (χ1n) is 12.4. The van der Waals surface area contributed by atoms with E-state index in [1.54, 1.807) is 43.5 Å². The van der Waals surface area contributed by atoms with E-state index in [2.05, 4.69) is 4.90 Å². The summed E-state index contributed by atoms with van der Waals surface area (Å²) in [5.41, 5.74) is 1.93. The molecule has 0 spiro atoms. The molecule has 0 radical (unpaired) electrons. The second-order valence-corrected chi connectivity index (χ2v) is 8.97. The highest BCUT2D eigenvalue weighted by Crippen LogP contribution is 2.42. The third-order valence-corrected chi connectivity index (χ3v) is 6.77. The van der Waals surface area contributed by atoms with E-state index >= 15 is 0 Å². The lowest BCUT2D eigenvalue weighted by molar-refractivity contribution is -0.140. The van der Waals surface area contributed by atoms with Crippen LogP contribution in [0.2, 0.25) is 0 Å². The molecule has 2 heterocycles. The first-order chi connectivity index (χ1) is 17.9. The van der Waals surface area contributed by atoms with E-state index in [-0.39, 0.29) is 11.3 Å². The number of carbonyl (C=O) groups excluding carboxylic acids is 2. The molecule has 1 atom stereocenters. The molecular weight excluding hydrogens is 476 g/mol. The Morgan fingerprint density at radius 2 is 1.70 bits per heavy atom. The van der Waals surface area contributed by atoms with Crippen molar-refractivity contribution in [3.8, 4) is 17.2 Å². The average molecular weight is 511 g/mol. The standard InChI is InChI=1S/C28H34N2O7/c1-5-37-22-9-6-19(17-23(22)35-4)25-24(26(31)20-7-8-21(34-3)18(2)16-20)27(32)28(33)30(25)11-10-29-12-14-36-15-13-29/h6-9,16-17,25,31H,5,10-15H2,1-4H3/t25-/m0/s1. The highest BCUT2D eigenvalue weighted by atomic mass is 16.5. The number of amides is 1. The molecule has 2 aromatic carbocycles. The monoisotopic (exact) mass is 510 g/mol. The van der Waals surface area contributed by atoms with Gasteiger partial charge in [-0.1, -0.05) is 6.07 Å². The maximum atomic E-state index is 13.4. The molecule has 37 heavy (non-hydrogen) atoms. The number of ketones is 1. The predicted octanol–water partition coefficient (Wildman–Crippen LogP) is 3.16. The fraction of sp³-hybridized carbons (Fsp3) is 0.429. The average Bonchev–Trinajstić information content (AvgIpc) is 3.17. The molecule has 1 N–H and O–H groups in total. The Kier molecular flexibility index (Phi) is 8.35. The Morgan fingerprint density at radius 3 is 2.35 bits per heavy atom. The van der Waals surface area contributed by atoms with Gasteiger partial charge < -0.3 is 29.0 Å². The van der Waals surface area contributed by atoms with E-state index in [9.17, 15) is 14.7 Å². The number of aliphatic hydroxyl groups is 1. The minimum absolute atomic E-state index is 0.0442. The normalized spacial score (nSPS) is 19.8. The number of hydrogen-bond acceptors (Lipinski definition) is 8. The molecule has 2 saturated heterocycles. The van der Waals surface area contributed by atoms with Crippen LogP contribution >= 0.6 is 0 Å². The Labute approximate surface area is 217 Å². The van der Waals surface area contributed by atoms with Crippen LogP contribution in [0.5, 0.6) is 17.2 Å². The molecule has 9 nitrogen and oxygen atoms in total.